The number of hydrogen-bond donors (Lipinski definition) is 1. The quantitative estimate of drug-likeness (QED) is 0.480. The van der Waals surface area contributed by atoms with Gasteiger partial charge in [0.05, 0.1) is 16.8 Å². The molecule has 160 valence electrons. The predicted octanol–water partition coefficient (Wildman–Crippen LogP) is 4.12. The molecule has 1 aliphatic heterocycles. The first-order valence-electron chi connectivity index (χ1n) is 10.3. The van der Waals surface area contributed by atoms with E-state index in [4.69, 9.17) is 11.6 Å². The molecule has 4 rings (SSSR count). The molecule has 1 fully saturated rings. The second kappa shape index (κ2) is 9.04. The van der Waals surface area contributed by atoms with Gasteiger partial charge < -0.3 is 14.8 Å². The first-order valence-corrected chi connectivity index (χ1v) is 10.7. The van der Waals surface area contributed by atoms with Crippen LogP contribution < -0.4 is 15.6 Å². The maximum atomic E-state index is 14.9. The minimum absolute atomic E-state index is 0.0221. The monoisotopic (exact) mass is 439 g/mol. The van der Waals surface area contributed by atoms with Gasteiger partial charge in [-0.1, -0.05) is 29.8 Å². The second-order valence-corrected chi connectivity index (χ2v) is 7.90. The number of anilines is 1. The molecule has 0 radical (unpaired) electrons. The van der Waals surface area contributed by atoms with Gasteiger partial charge in [0.15, 0.2) is 5.78 Å². The topological polar surface area (TPSA) is 54.3 Å². The van der Waals surface area contributed by atoms with E-state index in [9.17, 15) is 14.0 Å². The van der Waals surface area contributed by atoms with Crippen molar-refractivity contribution in [3.63, 3.8) is 0 Å². The molecule has 0 atom stereocenters. The van der Waals surface area contributed by atoms with Crippen LogP contribution in [0, 0.1) is 5.82 Å². The number of benzene rings is 2. The van der Waals surface area contributed by atoms with Gasteiger partial charge in [0.25, 0.3) is 0 Å². The van der Waals surface area contributed by atoms with Gasteiger partial charge in [-0.3, -0.25) is 9.59 Å². The summed E-state index contributed by atoms with van der Waals surface area (Å²) in [7, 11) is 0. The fourth-order valence-corrected chi connectivity index (χ4v) is 3.95. The zero-order chi connectivity index (χ0) is 22.0. The summed E-state index contributed by atoms with van der Waals surface area (Å²) < 4.78 is 16.8. The minimum Gasteiger partial charge on any atom is -0.367 e. The normalized spacial score (nSPS) is 14.5. The Hall–Kier alpha value is -2.96. The maximum absolute atomic E-state index is 14.9. The number of nitrogens with zero attached hydrogens (tertiary/aromatic N) is 2. The van der Waals surface area contributed by atoms with Crippen molar-refractivity contribution in [2.24, 2.45) is 0 Å². The molecule has 0 spiro atoms. The Morgan fingerprint density at radius 2 is 1.90 bits per heavy atom. The van der Waals surface area contributed by atoms with Crippen LogP contribution >= 0.6 is 11.6 Å². The number of pyridine rings is 1. The number of rotatable bonds is 5. The smallest absolute Gasteiger partial charge is 0.200 e. The van der Waals surface area contributed by atoms with E-state index in [2.05, 4.69) is 5.32 Å². The van der Waals surface area contributed by atoms with Crippen molar-refractivity contribution in [1.82, 2.24) is 9.88 Å². The Bertz CT molecular complexity index is 1210. The van der Waals surface area contributed by atoms with E-state index in [0.717, 1.165) is 18.7 Å². The van der Waals surface area contributed by atoms with Gasteiger partial charge in [0.2, 0.25) is 5.43 Å². The summed E-state index contributed by atoms with van der Waals surface area (Å²) in [4.78, 5) is 27.8. The second-order valence-electron chi connectivity index (χ2n) is 7.46. The highest BCUT2D eigenvalue weighted by molar-refractivity contribution is 6.30. The number of hydrogen-bond acceptors (Lipinski definition) is 4. The third kappa shape index (κ3) is 4.40. The maximum Gasteiger partial charge on any atom is 0.200 e. The lowest BCUT2D eigenvalue weighted by molar-refractivity contribution is 0.104. The molecule has 2 aromatic carbocycles. The molecule has 0 aliphatic carbocycles. The van der Waals surface area contributed by atoms with E-state index in [1.807, 2.05) is 16.4 Å². The summed E-state index contributed by atoms with van der Waals surface area (Å²) >= 11 is 5.88. The van der Waals surface area contributed by atoms with E-state index in [1.165, 1.54) is 12.1 Å². The van der Waals surface area contributed by atoms with Crippen molar-refractivity contribution >= 4 is 40.1 Å². The molecule has 7 heteroatoms. The van der Waals surface area contributed by atoms with Crippen LogP contribution in [-0.2, 0) is 6.54 Å². The third-order valence-electron chi connectivity index (χ3n) is 5.51. The van der Waals surface area contributed by atoms with Crippen molar-refractivity contribution in [2.75, 3.05) is 31.1 Å². The van der Waals surface area contributed by atoms with Crippen LogP contribution in [-0.4, -0.2) is 36.5 Å². The van der Waals surface area contributed by atoms with Gasteiger partial charge in [0, 0.05) is 49.3 Å². The fraction of sp³-hybridized carbons (Fsp3) is 0.250. The molecule has 31 heavy (non-hydrogen) atoms. The van der Waals surface area contributed by atoms with Crippen LogP contribution in [0.1, 0.15) is 22.8 Å². The summed E-state index contributed by atoms with van der Waals surface area (Å²) in [5.41, 5.74) is 1.46. The molecular formula is C24H23ClFN3O2. The lowest BCUT2D eigenvalue weighted by atomic mass is 10.1. The number of nitrogens with one attached hydrogen (secondary N) is 1. The Morgan fingerprint density at radius 3 is 2.58 bits per heavy atom. The highest BCUT2D eigenvalue weighted by atomic mass is 35.5. The third-order valence-corrected chi connectivity index (χ3v) is 5.76. The van der Waals surface area contributed by atoms with Gasteiger partial charge in [-0.25, -0.2) is 4.39 Å². The number of piperazine rings is 1. The zero-order valence-corrected chi connectivity index (χ0v) is 18.0. The molecule has 1 aliphatic rings. The minimum atomic E-state index is -0.462. The Morgan fingerprint density at radius 1 is 1.19 bits per heavy atom. The number of ketones is 1. The molecule has 0 amide bonds. The number of aryl methyl sites for hydroxylation is 1. The van der Waals surface area contributed by atoms with Crippen LogP contribution in [0.4, 0.5) is 10.1 Å². The van der Waals surface area contributed by atoms with Crippen LogP contribution in [0.15, 0.2) is 53.5 Å². The van der Waals surface area contributed by atoms with Gasteiger partial charge >= 0.3 is 0 Å². The molecule has 0 bridgehead atoms. The number of fused-ring (bicyclic) bond motifs is 1. The van der Waals surface area contributed by atoms with E-state index in [-0.39, 0.29) is 10.9 Å². The number of allylic oxidation sites excluding steroid dienone is 1. The van der Waals surface area contributed by atoms with E-state index < -0.39 is 17.0 Å². The first-order chi connectivity index (χ1) is 15.0. The van der Waals surface area contributed by atoms with E-state index >= 15 is 0 Å². The molecule has 1 N–H and O–H groups in total. The highest BCUT2D eigenvalue weighted by Gasteiger charge is 2.19. The van der Waals surface area contributed by atoms with Crippen LogP contribution in [0.2, 0.25) is 5.02 Å². The fourth-order valence-electron chi connectivity index (χ4n) is 3.82. The number of carbonyl (C=O) groups excluding carboxylic acids is 1. The van der Waals surface area contributed by atoms with Gasteiger partial charge in [-0.15, -0.1) is 0 Å². The van der Waals surface area contributed by atoms with Crippen molar-refractivity contribution in [2.45, 2.75) is 13.5 Å². The molecule has 1 aromatic heterocycles. The van der Waals surface area contributed by atoms with Crippen molar-refractivity contribution in [3.05, 3.63) is 80.9 Å². The summed E-state index contributed by atoms with van der Waals surface area (Å²) in [6.07, 6.45) is 4.56. The largest absolute Gasteiger partial charge is 0.367 e. The average molecular weight is 440 g/mol. The van der Waals surface area contributed by atoms with Gasteiger partial charge in [-0.2, -0.15) is 0 Å². The lowest BCUT2D eigenvalue weighted by Gasteiger charge is -2.30. The molecule has 1 saturated heterocycles. The van der Waals surface area contributed by atoms with Crippen molar-refractivity contribution in [1.29, 1.82) is 0 Å². The predicted molar refractivity (Wildman–Crippen MR) is 124 cm³/mol. The molecule has 0 saturated carbocycles. The van der Waals surface area contributed by atoms with E-state index in [0.29, 0.717) is 35.9 Å². The SMILES string of the molecule is CCn1cc(C(=O)C=Cc2ccc(Cl)cc2)c(=O)c2cc(F)c(N3CCNCC3)cc21. The van der Waals surface area contributed by atoms with Crippen molar-refractivity contribution < 1.29 is 9.18 Å². The lowest BCUT2D eigenvalue weighted by Crippen LogP contribution is -2.43. The molecular weight excluding hydrogens is 417 g/mol. The number of aromatic nitrogens is 1. The standard InChI is InChI=1S/C24H23ClFN3O2/c1-2-28-15-19(23(30)8-5-16-3-6-17(25)7-4-16)24(31)18-13-20(26)22(14-21(18)28)29-11-9-27-10-12-29/h3-8,13-15,27H,2,9-12H2,1H3. The molecule has 5 nitrogen and oxygen atoms in total. The Labute approximate surface area is 184 Å². The summed E-state index contributed by atoms with van der Waals surface area (Å²) in [5.74, 6) is -0.869. The van der Waals surface area contributed by atoms with E-state index in [1.54, 1.807) is 42.6 Å². The Balaban J connectivity index is 1.75. The first kappa shape index (κ1) is 21.3. The van der Waals surface area contributed by atoms with Crippen LogP contribution in [0.25, 0.3) is 17.0 Å². The summed E-state index contributed by atoms with van der Waals surface area (Å²) in [6.45, 7) is 5.44. The summed E-state index contributed by atoms with van der Waals surface area (Å²) in [5, 5.41) is 4.06. The highest BCUT2D eigenvalue weighted by Crippen LogP contribution is 2.26. The molecule has 0 unspecified atom stereocenters. The zero-order valence-electron chi connectivity index (χ0n) is 17.2. The Kier molecular flexibility index (Phi) is 6.20. The van der Waals surface area contributed by atoms with Crippen LogP contribution in [0.5, 0.6) is 0 Å². The average Bonchev–Trinajstić information content (AvgIpc) is 2.79. The van der Waals surface area contributed by atoms with Crippen LogP contribution in [0.3, 0.4) is 0 Å². The number of carbonyl (C=O) groups is 1. The molecule has 2 heterocycles. The number of halogens is 2. The summed E-state index contributed by atoms with van der Waals surface area (Å²) in [6, 6.07) is 10.0. The van der Waals surface area contributed by atoms with Gasteiger partial charge in [-0.05, 0) is 42.8 Å². The van der Waals surface area contributed by atoms with Gasteiger partial charge in [0.1, 0.15) is 5.82 Å². The molecule has 3 aromatic rings. The van der Waals surface area contributed by atoms with Crippen molar-refractivity contribution in [3.8, 4) is 0 Å².